The van der Waals surface area contributed by atoms with Crippen LogP contribution in [0.5, 0.6) is 0 Å². The summed E-state index contributed by atoms with van der Waals surface area (Å²) in [4.78, 5) is 83.3. The number of allylic oxidation sites excluding steroid dienone is 4. The molecule has 12 heteroatoms. The molecular weight excluding hydrogens is 694 g/mol. The highest BCUT2D eigenvalue weighted by atomic mass is 16.7. The van der Waals surface area contributed by atoms with Gasteiger partial charge in [-0.2, -0.15) is 0 Å². The highest BCUT2D eigenvalue weighted by Gasteiger charge is 2.71. The topological polar surface area (TPSA) is 153 Å². The lowest BCUT2D eigenvalue weighted by Gasteiger charge is -2.69. The normalized spacial score (nSPS) is 41.8. The molecule has 0 aromatic heterocycles. The van der Waals surface area contributed by atoms with Gasteiger partial charge in [-0.15, -0.1) is 0 Å². The molecule has 6 aliphatic rings. The van der Waals surface area contributed by atoms with Crippen molar-refractivity contribution in [3.8, 4) is 0 Å². The molecule has 0 amide bonds. The lowest BCUT2D eigenvalue weighted by atomic mass is 9.34. The van der Waals surface area contributed by atoms with E-state index >= 15 is 0 Å². The maximum absolute atomic E-state index is 14.9. The van der Waals surface area contributed by atoms with Crippen LogP contribution in [0.15, 0.2) is 23.4 Å². The van der Waals surface area contributed by atoms with Crippen LogP contribution in [-0.4, -0.2) is 66.7 Å². The van der Waals surface area contributed by atoms with E-state index in [1.165, 1.54) is 13.8 Å². The van der Waals surface area contributed by atoms with Gasteiger partial charge >= 0.3 is 23.9 Å². The van der Waals surface area contributed by atoms with E-state index in [1.807, 2.05) is 19.9 Å². The molecule has 54 heavy (non-hydrogen) atoms. The van der Waals surface area contributed by atoms with Crippen molar-refractivity contribution in [2.75, 3.05) is 6.61 Å². The van der Waals surface area contributed by atoms with Crippen LogP contribution in [-0.2, 0) is 52.5 Å². The third kappa shape index (κ3) is 5.95. The zero-order chi connectivity index (χ0) is 40.0. The Labute approximate surface area is 317 Å². The van der Waals surface area contributed by atoms with Crippen LogP contribution in [0.3, 0.4) is 0 Å². The third-order valence-corrected chi connectivity index (χ3v) is 14.8. The molecule has 0 spiro atoms. The molecule has 0 aromatic carbocycles. The van der Waals surface area contributed by atoms with Gasteiger partial charge in [0, 0.05) is 37.5 Å². The highest BCUT2D eigenvalue weighted by molar-refractivity contribution is 6.03. The summed E-state index contributed by atoms with van der Waals surface area (Å²) >= 11 is 0. The predicted octanol–water partition coefficient (Wildman–Crippen LogP) is 6.25. The Hall–Kier alpha value is -3.85. The largest absolute Gasteiger partial charge is 0.456 e. The average molecular weight is 750 g/mol. The van der Waals surface area contributed by atoms with Gasteiger partial charge in [0.25, 0.3) is 0 Å². The molecule has 4 fully saturated rings. The minimum atomic E-state index is -1.47. The maximum atomic E-state index is 14.9. The molecule has 0 aromatic rings. The Bertz CT molecular complexity index is 1780. The van der Waals surface area contributed by atoms with Gasteiger partial charge in [0.1, 0.15) is 0 Å². The Balaban J connectivity index is 1.40. The molecule has 0 radical (unpaired) electrons. The summed E-state index contributed by atoms with van der Waals surface area (Å²) in [6.45, 7) is 25.8. The van der Waals surface area contributed by atoms with Gasteiger partial charge in [-0.25, -0.2) is 4.85 Å². The number of hydrogen-bond donors (Lipinski definition) is 0. The van der Waals surface area contributed by atoms with Crippen molar-refractivity contribution in [2.24, 2.45) is 50.2 Å². The zero-order valence-electron chi connectivity index (χ0n) is 33.3. The molecule has 1 aliphatic heterocycles. The summed E-state index contributed by atoms with van der Waals surface area (Å²) in [6.07, 6.45) is 2.59. The molecule has 6 rings (SSSR count). The van der Waals surface area contributed by atoms with Crippen molar-refractivity contribution in [2.45, 2.75) is 139 Å². The van der Waals surface area contributed by atoms with Crippen molar-refractivity contribution in [1.29, 1.82) is 0 Å². The Kier molecular flexibility index (Phi) is 9.69. The van der Waals surface area contributed by atoms with Crippen molar-refractivity contribution >= 4 is 35.4 Å². The predicted molar refractivity (Wildman–Crippen MR) is 192 cm³/mol. The summed E-state index contributed by atoms with van der Waals surface area (Å²) in [6, 6.07) is 0. The first-order chi connectivity index (χ1) is 25.0. The van der Waals surface area contributed by atoms with Crippen LogP contribution >= 0.6 is 0 Å². The lowest BCUT2D eigenvalue weighted by molar-refractivity contribution is -0.281. The summed E-state index contributed by atoms with van der Waals surface area (Å²) in [5.41, 5.74) is -2.63. The molecule has 0 bridgehead atoms. The second-order valence-corrected chi connectivity index (χ2v) is 18.8. The van der Waals surface area contributed by atoms with E-state index in [0.29, 0.717) is 32.1 Å². The van der Waals surface area contributed by atoms with E-state index in [0.717, 1.165) is 25.3 Å². The number of Topliss-reactive ketones (excluding diaryl/α,β-unsaturated/α-hetero) is 1. The maximum Gasteiger partial charge on any atom is 0.314 e. The second kappa shape index (κ2) is 13.1. The summed E-state index contributed by atoms with van der Waals surface area (Å²) < 4.78 is 28.5. The molecule has 12 nitrogen and oxygen atoms in total. The van der Waals surface area contributed by atoms with Crippen molar-refractivity contribution in [1.82, 2.24) is 0 Å². The van der Waals surface area contributed by atoms with Crippen LogP contribution in [0.1, 0.15) is 114 Å². The van der Waals surface area contributed by atoms with Crippen molar-refractivity contribution in [3.63, 3.8) is 0 Å². The lowest BCUT2D eigenvalue weighted by Crippen LogP contribution is -2.66. The monoisotopic (exact) mass is 749 g/mol. The fraction of sp³-hybridized carbons (Fsp3) is 0.738. The number of esters is 4. The van der Waals surface area contributed by atoms with E-state index in [4.69, 9.17) is 30.3 Å². The van der Waals surface area contributed by atoms with Gasteiger partial charge in [0.15, 0.2) is 23.8 Å². The van der Waals surface area contributed by atoms with E-state index in [1.54, 1.807) is 6.08 Å². The van der Waals surface area contributed by atoms with Gasteiger partial charge in [-0.3, -0.25) is 24.0 Å². The number of ketones is 2. The van der Waals surface area contributed by atoms with Crippen LogP contribution < -0.4 is 0 Å². The van der Waals surface area contributed by atoms with Gasteiger partial charge in [0.2, 0.25) is 18.1 Å². The van der Waals surface area contributed by atoms with Crippen LogP contribution in [0.25, 0.3) is 4.85 Å². The van der Waals surface area contributed by atoms with Gasteiger partial charge in [-0.05, 0) is 79.1 Å². The molecule has 3 saturated carbocycles. The number of carbonyl (C=O) groups is 6. The first-order valence-corrected chi connectivity index (χ1v) is 19.2. The number of ether oxygens (including phenoxy) is 5. The molecular formula is C42H55NO11. The van der Waals surface area contributed by atoms with Crippen LogP contribution in [0.2, 0.25) is 0 Å². The average Bonchev–Trinajstić information content (AvgIpc) is 3.05. The highest BCUT2D eigenvalue weighted by Crippen LogP contribution is 2.74. The first kappa shape index (κ1) is 39.8. The van der Waals surface area contributed by atoms with E-state index < -0.39 is 87.4 Å². The standard InChI is InChI=1S/C42H55NO11/c1-22(44)51-28-21-50-35(33(53-24(3)46)32(28)52-23(2)45)54-36(49)42-16-14-37(4,5)19-25(42)31-27(47)18-30-39(8)20-26(43-11)34(48)38(6,7)29(39)12-13-40(30,9)41(31,10)15-17-42/h18,20,25,28-29,31-33,35H,12-17,19,21H2,1-10H3/t25?,28-,29-,31?,32-,33+,35?,39-,40+,41+,42-/m0/s1. The quantitative estimate of drug-likeness (QED) is 0.178. The number of rotatable bonds is 5. The van der Waals surface area contributed by atoms with Gasteiger partial charge in [-0.1, -0.05) is 60.1 Å². The molecule has 11 atom stereocenters. The molecule has 3 unspecified atom stereocenters. The van der Waals surface area contributed by atoms with E-state index in [2.05, 4.69) is 39.5 Å². The fourth-order valence-electron chi connectivity index (χ4n) is 12.0. The van der Waals surface area contributed by atoms with Gasteiger partial charge in [0.05, 0.1) is 18.6 Å². The summed E-state index contributed by atoms with van der Waals surface area (Å²) in [5, 5.41) is 0. The summed E-state index contributed by atoms with van der Waals surface area (Å²) in [7, 11) is 0. The fourth-order valence-corrected chi connectivity index (χ4v) is 12.0. The second-order valence-electron chi connectivity index (χ2n) is 18.8. The molecule has 1 saturated heterocycles. The SMILES string of the molecule is [C-]#[N+]C1=C[C@]2(C)C3=CC(=O)C4C5CC(C)(C)CC[C@]5(C(=O)OC5OC[C@H](OC(C)=O)[C@H](OC(C)=O)[C@H]5OC(C)=O)CC[C@@]4(C)[C@]3(C)CC[C@H]2C(C)(C)C1=O. The minimum Gasteiger partial charge on any atom is -0.456 e. The Morgan fingerprint density at radius 2 is 1.43 bits per heavy atom. The third-order valence-electron chi connectivity index (χ3n) is 14.8. The van der Waals surface area contributed by atoms with E-state index in [9.17, 15) is 28.8 Å². The number of nitrogens with zero attached hydrogens (tertiary/aromatic N) is 1. The number of carbonyl (C=O) groups excluding carboxylic acids is 6. The molecule has 5 aliphatic carbocycles. The van der Waals surface area contributed by atoms with Crippen LogP contribution in [0.4, 0.5) is 0 Å². The number of hydrogen-bond acceptors (Lipinski definition) is 11. The van der Waals surface area contributed by atoms with Crippen molar-refractivity contribution < 1.29 is 52.5 Å². The zero-order valence-corrected chi connectivity index (χ0v) is 33.3. The minimum absolute atomic E-state index is 0.0512. The molecule has 0 N–H and O–H groups in total. The number of fused-ring (bicyclic) bond motifs is 7. The first-order valence-electron chi connectivity index (χ1n) is 19.2. The smallest absolute Gasteiger partial charge is 0.314 e. The Morgan fingerprint density at radius 3 is 2.04 bits per heavy atom. The van der Waals surface area contributed by atoms with E-state index in [-0.39, 0.29) is 35.2 Å². The van der Waals surface area contributed by atoms with Gasteiger partial charge < -0.3 is 28.5 Å². The molecule has 294 valence electrons. The van der Waals surface area contributed by atoms with Crippen molar-refractivity contribution in [3.05, 3.63) is 34.8 Å². The van der Waals surface area contributed by atoms with Crippen LogP contribution in [0, 0.1) is 56.8 Å². The molecule has 1 heterocycles. The summed E-state index contributed by atoms with van der Waals surface area (Å²) in [5.74, 6) is -3.90. The Morgan fingerprint density at radius 1 is 0.815 bits per heavy atom.